The topological polar surface area (TPSA) is 92.6 Å². The number of aromatic nitrogens is 1. The first kappa shape index (κ1) is 18.0. The van der Waals surface area contributed by atoms with E-state index < -0.39 is 12.0 Å². The van der Waals surface area contributed by atoms with Crippen molar-refractivity contribution in [1.29, 1.82) is 0 Å². The normalized spacial score (nSPS) is 14.8. The molecule has 1 amide bonds. The van der Waals surface area contributed by atoms with E-state index in [1.807, 2.05) is 0 Å². The van der Waals surface area contributed by atoms with Gasteiger partial charge in [-0.15, -0.1) is 0 Å². The number of ether oxygens (including phenoxy) is 1. The molecule has 0 radical (unpaired) electrons. The summed E-state index contributed by atoms with van der Waals surface area (Å²) in [6.45, 7) is 5.14. The first-order chi connectivity index (χ1) is 12.4. The van der Waals surface area contributed by atoms with Crippen molar-refractivity contribution in [2.75, 3.05) is 7.11 Å². The standard InChI is InChI=1S/C19H22N2O5/c1-10-15(11(2)20-16(10)19(24)25-4)17(22)12(3)21(13-7-8-13)18(23)14-6-5-9-26-14/h5-6,9,12-13,20H,7-8H2,1-4H3. The van der Waals surface area contributed by atoms with Crippen LogP contribution in [-0.2, 0) is 4.74 Å². The molecule has 2 heterocycles. The first-order valence-corrected chi connectivity index (χ1v) is 8.54. The van der Waals surface area contributed by atoms with E-state index in [1.54, 1.807) is 37.8 Å². The Hall–Kier alpha value is -2.83. The van der Waals surface area contributed by atoms with E-state index in [0.29, 0.717) is 16.8 Å². The molecular formula is C19H22N2O5. The maximum atomic E-state index is 13.2. The van der Waals surface area contributed by atoms with E-state index in [2.05, 4.69) is 4.98 Å². The third-order valence-corrected chi connectivity index (χ3v) is 4.78. The Labute approximate surface area is 151 Å². The predicted molar refractivity (Wildman–Crippen MR) is 93.3 cm³/mol. The number of Topliss-reactive ketones (excluding diaryl/α,β-unsaturated/α-hetero) is 1. The zero-order chi connectivity index (χ0) is 19.0. The number of ketones is 1. The molecule has 138 valence electrons. The van der Waals surface area contributed by atoms with Gasteiger partial charge in [-0.3, -0.25) is 9.59 Å². The monoisotopic (exact) mass is 358 g/mol. The molecule has 1 N–H and O–H groups in total. The Morgan fingerprint density at radius 3 is 2.54 bits per heavy atom. The molecule has 1 aliphatic rings. The molecule has 26 heavy (non-hydrogen) atoms. The van der Waals surface area contributed by atoms with Gasteiger partial charge in [-0.25, -0.2) is 4.79 Å². The molecule has 3 rings (SSSR count). The van der Waals surface area contributed by atoms with Crippen molar-refractivity contribution in [3.63, 3.8) is 0 Å². The number of amides is 1. The number of esters is 1. The summed E-state index contributed by atoms with van der Waals surface area (Å²) in [7, 11) is 1.29. The van der Waals surface area contributed by atoms with Gasteiger partial charge in [-0.1, -0.05) is 0 Å². The van der Waals surface area contributed by atoms with Gasteiger partial charge in [0.15, 0.2) is 11.5 Å². The summed E-state index contributed by atoms with van der Waals surface area (Å²) >= 11 is 0. The van der Waals surface area contributed by atoms with Crippen LogP contribution in [0.15, 0.2) is 22.8 Å². The molecule has 2 aromatic rings. The van der Waals surface area contributed by atoms with Gasteiger partial charge in [0.1, 0.15) is 5.69 Å². The second-order valence-corrected chi connectivity index (χ2v) is 6.58. The molecule has 7 heteroatoms. The van der Waals surface area contributed by atoms with Crippen LogP contribution in [0.5, 0.6) is 0 Å². The van der Waals surface area contributed by atoms with Gasteiger partial charge >= 0.3 is 5.97 Å². The molecule has 1 fully saturated rings. The number of nitrogens with zero attached hydrogens (tertiary/aromatic N) is 1. The van der Waals surface area contributed by atoms with Crippen molar-refractivity contribution in [3.8, 4) is 0 Å². The minimum Gasteiger partial charge on any atom is -0.464 e. The summed E-state index contributed by atoms with van der Waals surface area (Å²) < 4.78 is 9.97. The van der Waals surface area contributed by atoms with Crippen LogP contribution >= 0.6 is 0 Å². The lowest BCUT2D eigenvalue weighted by Gasteiger charge is -2.27. The highest BCUT2D eigenvalue weighted by molar-refractivity contribution is 6.07. The van der Waals surface area contributed by atoms with Gasteiger partial charge in [0.05, 0.1) is 19.4 Å². The molecule has 7 nitrogen and oxygen atoms in total. The molecule has 1 atom stereocenters. The van der Waals surface area contributed by atoms with E-state index in [9.17, 15) is 14.4 Å². The highest BCUT2D eigenvalue weighted by Gasteiger charge is 2.40. The molecule has 0 saturated heterocycles. The van der Waals surface area contributed by atoms with E-state index >= 15 is 0 Å². The smallest absolute Gasteiger partial charge is 0.354 e. The SMILES string of the molecule is COC(=O)c1[nH]c(C)c(C(=O)C(C)N(C(=O)c2ccco2)C2CC2)c1C. The van der Waals surface area contributed by atoms with Gasteiger partial charge in [0, 0.05) is 17.3 Å². The van der Waals surface area contributed by atoms with Crippen molar-refractivity contribution in [2.45, 2.75) is 45.7 Å². The average Bonchev–Trinajstić information content (AvgIpc) is 3.19. The highest BCUT2D eigenvalue weighted by atomic mass is 16.5. The quantitative estimate of drug-likeness (QED) is 0.633. The molecule has 1 unspecified atom stereocenters. The lowest BCUT2D eigenvalue weighted by atomic mass is 9.99. The Kier molecular flexibility index (Phi) is 4.71. The van der Waals surface area contributed by atoms with E-state index in [0.717, 1.165) is 12.8 Å². The largest absolute Gasteiger partial charge is 0.464 e. The van der Waals surface area contributed by atoms with E-state index in [1.165, 1.54) is 13.4 Å². The third-order valence-electron chi connectivity index (χ3n) is 4.78. The number of aryl methyl sites for hydroxylation is 1. The van der Waals surface area contributed by atoms with Crippen molar-refractivity contribution >= 4 is 17.7 Å². The van der Waals surface area contributed by atoms with Crippen molar-refractivity contribution < 1.29 is 23.5 Å². The zero-order valence-electron chi connectivity index (χ0n) is 15.3. The van der Waals surface area contributed by atoms with Crippen molar-refractivity contribution in [1.82, 2.24) is 9.88 Å². The van der Waals surface area contributed by atoms with Gasteiger partial charge in [-0.2, -0.15) is 0 Å². The Balaban J connectivity index is 1.92. The fourth-order valence-electron chi connectivity index (χ4n) is 3.30. The van der Waals surface area contributed by atoms with Crippen molar-refractivity contribution in [3.05, 3.63) is 46.7 Å². The fraction of sp³-hybridized carbons (Fsp3) is 0.421. The minimum absolute atomic E-state index is 0.0335. The van der Waals surface area contributed by atoms with Gasteiger partial charge in [-0.05, 0) is 51.3 Å². The summed E-state index contributed by atoms with van der Waals surface area (Å²) in [5.74, 6) is -0.812. The molecule has 1 saturated carbocycles. The van der Waals surface area contributed by atoms with Crippen LogP contribution in [0, 0.1) is 13.8 Å². The first-order valence-electron chi connectivity index (χ1n) is 8.54. The van der Waals surface area contributed by atoms with Gasteiger partial charge in [0.2, 0.25) is 0 Å². The number of hydrogen-bond acceptors (Lipinski definition) is 5. The number of nitrogens with one attached hydrogen (secondary N) is 1. The van der Waals surface area contributed by atoms with Crippen LogP contribution in [0.1, 0.15) is 62.4 Å². The Morgan fingerprint density at radius 1 is 1.31 bits per heavy atom. The van der Waals surface area contributed by atoms with E-state index in [4.69, 9.17) is 9.15 Å². The summed E-state index contributed by atoms with van der Waals surface area (Å²) in [6, 6.07) is 2.61. The molecular weight excluding hydrogens is 336 g/mol. The summed E-state index contributed by atoms with van der Waals surface area (Å²) in [5, 5.41) is 0. The van der Waals surface area contributed by atoms with Crippen LogP contribution in [0.4, 0.5) is 0 Å². The predicted octanol–water partition coefficient (Wildman–Crippen LogP) is 2.89. The molecule has 0 aromatic carbocycles. The van der Waals surface area contributed by atoms with Crippen molar-refractivity contribution in [2.24, 2.45) is 0 Å². The van der Waals surface area contributed by atoms with Gasteiger partial charge in [0.25, 0.3) is 5.91 Å². The second kappa shape index (κ2) is 6.82. The van der Waals surface area contributed by atoms with Crippen LogP contribution in [0.3, 0.4) is 0 Å². The lowest BCUT2D eigenvalue weighted by molar-refractivity contribution is 0.0582. The number of methoxy groups -OCH3 is 1. The molecule has 0 bridgehead atoms. The van der Waals surface area contributed by atoms with Crippen LogP contribution in [0.25, 0.3) is 0 Å². The third kappa shape index (κ3) is 3.05. The number of H-pyrrole nitrogens is 1. The summed E-state index contributed by atoms with van der Waals surface area (Å²) in [5.41, 5.74) is 1.81. The lowest BCUT2D eigenvalue weighted by Crippen LogP contribution is -2.45. The molecule has 2 aromatic heterocycles. The van der Waals surface area contributed by atoms with Crippen LogP contribution in [0.2, 0.25) is 0 Å². The Bertz CT molecular complexity index is 846. The average molecular weight is 358 g/mol. The summed E-state index contributed by atoms with van der Waals surface area (Å²) in [4.78, 5) is 42.3. The van der Waals surface area contributed by atoms with E-state index in [-0.39, 0.29) is 29.2 Å². The number of rotatable bonds is 6. The Morgan fingerprint density at radius 2 is 2.00 bits per heavy atom. The second-order valence-electron chi connectivity index (χ2n) is 6.58. The minimum atomic E-state index is -0.668. The number of aromatic amines is 1. The van der Waals surface area contributed by atoms with Crippen LogP contribution < -0.4 is 0 Å². The number of carbonyl (C=O) groups excluding carboxylic acids is 3. The molecule has 0 aliphatic heterocycles. The molecule has 1 aliphatic carbocycles. The maximum Gasteiger partial charge on any atom is 0.354 e. The maximum absolute atomic E-state index is 13.2. The number of hydrogen-bond donors (Lipinski definition) is 1. The highest BCUT2D eigenvalue weighted by Crippen LogP contribution is 2.32. The number of carbonyl (C=O) groups is 3. The fourth-order valence-corrected chi connectivity index (χ4v) is 3.30. The molecule has 0 spiro atoms. The zero-order valence-corrected chi connectivity index (χ0v) is 15.3. The number of furan rings is 1. The van der Waals surface area contributed by atoms with Crippen LogP contribution in [-0.4, -0.2) is 46.7 Å². The van der Waals surface area contributed by atoms with Gasteiger partial charge < -0.3 is 19.0 Å². The summed E-state index contributed by atoms with van der Waals surface area (Å²) in [6.07, 6.45) is 3.17.